The van der Waals surface area contributed by atoms with Gasteiger partial charge in [0.15, 0.2) is 5.69 Å². The zero-order valence-electron chi connectivity index (χ0n) is 15.0. The first-order valence-electron chi connectivity index (χ1n) is 8.36. The van der Waals surface area contributed by atoms with Crippen LogP contribution in [0.15, 0.2) is 30.3 Å². The Morgan fingerprint density at radius 3 is 2.40 bits per heavy atom. The zero-order valence-corrected chi connectivity index (χ0v) is 15.0. The molecule has 0 bridgehead atoms. The number of carbonyl (C=O) groups is 2. The number of hydrogen-bond donors (Lipinski definition) is 1. The minimum atomic E-state index is -0.991. The maximum atomic E-state index is 13.0. The van der Waals surface area contributed by atoms with Crippen LogP contribution in [0.25, 0.3) is 0 Å². The third-order valence-electron chi connectivity index (χ3n) is 4.54. The fraction of sp³-hybridized carbons (Fsp3) is 0.421. The Bertz CT molecular complexity index is 833. The van der Waals surface area contributed by atoms with E-state index in [0.717, 1.165) is 16.8 Å². The molecule has 3 rings (SSSR count). The van der Waals surface area contributed by atoms with Gasteiger partial charge in [0, 0.05) is 18.7 Å². The van der Waals surface area contributed by atoms with Gasteiger partial charge in [-0.3, -0.25) is 9.48 Å². The van der Waals surface area contributed by atoms with Crippen LogP contribution in [0.4, 0.5) is 0 Å². The number of carboxylic acid groups (broad SMARTS) is 1. The average molecular weight is 341 g/mol. The van der Waals surface area contributed by atoms with Crippen LogP contribution in [-0.4, -0.2) is 37.7 Å². The van der Waals surface area contributed by atoms with Crippen molar-refractivity contribution in [2.75, 3.05) is 0 Å². The van der Waals surface area contributed by atoms with E-state index in [2.05, 4.69) is 5.10 Å². The van der Waals surface area contributed by atoms with E-state index in [0.29, 0.717) is 6.42 Å². The Morgan fingerprint density at radius 1 is 1.20 bits per heavy atom. The Labute approximate surface area is 147 Å². The molecule has 132 valence electrons. The van der Waals surface area contributed by atoms with E-state index < -0.39 is 12.0 Å². The zero-order chi connectivity index (χ0) is 18.4. The smallest absolute Gasteiger partial charge is 0.326 e. The summed E-state index contributed by atoms with van der Waals surface area (Å²) in [6, 6.07) is 8.51. The number of aliphatic carboxylic acids is 1. The van der Waals surface area contributed by atoms with Crippen LogP contribution in [0, 0.1) is 6.92 Å². The monoisotopic (exact) mass is 341 g/mol. The lowest BCUT2D eigenvalue weighted by atomic mass is 9.93. The fourth-order valence-corrected chi connectivity index (χ4v) is 3.36. The van der Waals surface area contributed by atoms with E-state index in [9.17, 15) is 14.7 Å². The van der Waals surface area contributed by atoms with E-state index in [1.807, 2.05) is 52.0 Å². The second-order valence-electron chi connectivity index (χ2n) is 7.51. The number of rotatable bonds is 2. The van der Waals surface area contributed by atoms with Crippen LogP contribution in [0.5, 0.6) is 0 Å². The van der Waals surface area contributed by atoms with E-state index in [1.54, 1.807) is 10.7 Å². The summed E-state index contributed by atoms with van der Waals surface area (Å²) in [7, 11) is 0. The van der Waals surface area contributed by atoms with Gasteiger partial charge in [-0.15, -0.1) is 0 Å². The molecule has 1 atom stereocenters. The topological polar surface area (TPSA) is 75.4 Å². The van der Waals surface area contributed by atoms with E-state index in [-0.39, 0.29) is 23.7 Å². The van der Waals surface area contributed by atoms with Gasteiger partial charge in [-0.05, 0) is 44.9 Å². The number of benzene rings is 1. The maximum absolute atomic E-state index is 13.0. The quantitative estimate of drug-likeness (QED) is 0.911. The molecule has 1 aliphatic heterocycles. The molecular formula is C19H23N3O3. The third kappa shape index (κ3) is 3.16. The standard InChI is InChI=1S/C19H23N3O3/c1-12-9-15(20-22(12)19(2,3)4)17(23)21-11-14-8-6-5-7-13(14)10-16(21)18(24)25/h5-9,16H,10-11H2,1-4H3,(H,24,25). The van der Waals surface area contributed by atoms with Crippen LogP contribution in [0.3, 0.4) is 0 Å². The number of hydrogen-bond acceptors (Lipinski definition) is 3. The van der Waals surface area contributed by atoms with Crippen molar-refractivity contribution in [3.63, 3.8) is 0 Å². The Hall–Kier alpha value is -2.63. The summed E-state index contributed by atoms with van der Waals surface area (Å²) in [5.74, 6) is -1.33. The van der Waals surface area contributed by atoms with Gasteiger partial charge in [0.05, 0.1) is 5.54 Å². The molecule has 6 heteroatoms. The minimum absolute atomic E-state index is 0.247. The molecule has 0 saturated carbocycles. The van der Waals surface area contributed by atoms with Crippen LogP contribution in [0.2, 0.25) is 0 Å². The maximum Gasteiger partial charge on any atom is 0.326 e. The van der Waals surface area contributed by atoms with E-state index in [4.69, 9.17) is 0 Å². The van der Waals surface area contributed by atoms with Crippen molar-refractivity contribution in [1.29, 1.82) is 0 Å². The molecule has 2 heterocycles. The van der Waals surface area contributed by atoms with Crippen molar-refractivity contribution in [3.05, 3.63) is 52.8 Å². The molecule has 25 heavy (non-hydrogen) atoms. The molecule has 0 spiro atoms. The molecule has 1 aromatic heterocycles. The van der Waals surface area contributed by atoms with Gasteiger partial charge in [0.2, 0.25) is 0 Å². The molecular weight excluding hydrogens is 318 g/mol. The van der Waals surface area contributed by atoms with Gasteiger partial charge in [0.1, 0.15) is 6.04 Å². The Kier molecular flexibility index (Phi) is 4.14. The van der Waals surface area contributed by atoms with Crippen molar-refractivity contribution < 1.29 is 14.7 Å². The third-order valence-corrected chi connectivity index (χ3v) is 4.54. The summed E-state index contributed by atoms with van der Waals surface area (Å²) in [5, 5.41) is 14.0. The summed E-state index contributed by atoms with van der Waals surface area (Å²) in [5.41, 5.74) is 2.89. The highest BCUT2D eigenvalue weighted by molar-refractivity contribution is 5.95. The predicted octanol–water partition coefficient (Wildman–Crippen LogP) is 2.60. The summed E-state index contributed by atoms with van der Waals surface area (Å²) < 4.78 is 1.80. The number of aromatic nitrogens is 2. The van der Waals surface area contributed by atoms with Crippen LogP contribution < -0.4 is 0 Å². The Morgan fingerprint density at radius 2 is 1.84 bits per heavy atom. The van der Waals surface area contributed by atoms with Crippen molar-refractivity contribution in [3.8, 4) is 0 Å². The van der Waals surface area contributed by atoms with E-state index >= 15 is 0 Å². The normalized spacial score (nSPS) is 17.3. The predicted molar refractivity (Wildman–Crippen MR) is 93.4 cm³/mol. The van der Waals surface area contributed by atoms with Gasteiger partial charge in [-0.25, -0.2) is 4.79 Å². The first kappa shape index (κ1) is 17.2. The van der Waals surface area contributed by atoms with Gasteiger partial charge >= 0.3 is 5.97 Å². The van der Waals surface area contributed by atoms with Gasteiger partial charge < -0.3 is 10.0 Å². The SMILES string of the molecule is Cc1cc(C(=O)N2Cc3ccccc3CC2C(=O)O)nn1C(C)(C)C. The van der Waals surface area contributed by atoms with Crippen LogP contribution >= 0.6 is 0 Å². The molecule has 0 saturated heterocycles. The lowest BCUT2D eigenvalue weighted by Crippen LogP contribution is -2.48. The van der Waals surface area contributed by atoms with Crippen LogP contribution in [-0.2, 0) is 23.3 Å². The lowest BCUT2D eigenvalue weighted by molar-refractivity contribution is -0.142. The van der Waals surface area contributed by atoms with Crippen LogP contribution in [0.1, 0.15) is 48.1 Å². The second kappa shape index (κ2) is 6.02. The summed E-state index contributed by atoms with van der Waals surface area (Å²) in [4.78, 5) is 26.1. The molecule has 0 fully saturated rings. The molecule has 1 aliphatic rings. The van der Waals surface area contributed by atoms with Gasteiger partial charge in [0.25, 0.3) is 5.91 Å². The van der Waals surface area contributed by atoms with Crippen molar-refractivity contribution >= 4 is 11.9 Å². The summed E-state index contributed by atoms with van der Waals surface area (Å²) >= 11 is 0. The molecule has 0 aliphatic carbocycles. The minimum Gasteiger partial charge on any atom is -0.480 e. The van der Waals surface area contributed by atoms with Crippen molar-refractivity contribution in [2.24, 2.45) is 0 Å². The summed E-state index contributed by atoms with van der Waals surface area (Å²) in [6.45, 7) is 8.22. The summed E-state index contributed by atoms with van der Waals surface area (Å²) in [6.07, 6.45) is 0.316. The first-order valence-corrected chi connectivity index (χ1v) is 8.36. The molecule has 6 nitrogen and oxygen atoms in total. The number of carboxylic acids is 1. The number of aryl methyl sites for hydroxylation is 1. The van der Waals surface area contributed by atoms with Gasteiger partial charge in [-0.1, -0.05) is 24.3 Å². The first-order chi connectivity index (χ1) is 11.7. The number of carbonyl (C=O) groups excluding carboxylic acids is 1. The molecule has 1 unspecified atom stereocenters. The highest BCUT2D eigenvalue weighted by atomic mass is 16.4. The average Bonchev–Trinajstić information content (AvgIpc) is 2.95. The number of fused-ring (bicyclic) bond motifs is 1. The molecule has 1 aromatic carbocycles. The second-order valence-corrected chi connectivity index (χ2v) is 7.51. The molecule has 0 radical (unpaired) electrons. The van der Waals surface area contributed by atoms with Crippen molar-refractivity contribution in [1.82, 2.24) is 14.7 Å². The molecule has 1 amide bonds. The lowest BCUT2D eigenvalue weighted by Gasteiger charge is -2.34. The van der Waals surface area contributed by atoms with E-state index in [1.165, 1.54) is 4.90 Å². The molecule has 1 N–H and O–H groups in total. The largest absolute Gasteiger partial charge is 0.480 e. The molecule has 2 aromatic rings. The number of amides is 1. The van der Waals surface area contributed by atoms with Gasteiger partial charge in [-0.2, -0.15) is 5.10 Å². The highest BCUT2D eigenvalue weighted by Gasteiger charge is 2.36. The highest BCUT2D eigenvalue weighted by Crippen LogP contribution is 2.26. The van der Waals surface area contributed by atoms with Crippen molar-refractivity contribution in [2.45, 2.75) is 52.2 Å². The fourth-order valence-electron chi connectivity index (χ4n) is 3.36. The number of nitrogens with zero attached hydrogens (tertiary/aromatic N) is 3. The Balaban J connectivity index is 1.97.